The number of ether oxygens (including phenoxy) is 1. The summed E-state index contributed by atoms with van der Waals surface area (Å²) >= 11 is 1.62. The predicted molar refractivity (Wildman–Crippen MR) is 76.2 cm³/mol. The molecule has 0 bridgehead atoms. The summed E-state index contributed by atoms with van der Waals surface area (Å²) in [7, 11) is 0. The molecule has 1 heterocycles. The number of nitrogens with zero attached hydrogens (tertiary/aromatic N) is 1. The maximum Gasteiger partial charge on any atom is 0.127 e. The Morgan fingerprint density at radius 3 is 2.72 bits per heavy atom. The lowest BCUT2D eigenvalue weighted by Gasteiger charge is -2.09. The SMILES string of the molecule is CCOc1cccc2c(-c3cscn3)cccc12. The Balaban J connectivity index is 2.26. The van der Waals surface area contributed by atoms with Crippen LogP contribution in [0.3, 0.4) is 0 Å². The second-order valence-electron chi connectivity index (χ2n) is 3.96. The van der Waals surface area contributed by atoms with Gasteiger partial charge in [-0.3, -0.25) is 0 Å². The molecule has 3 aromatic rings. The normalized spacial score (nSPS) is 10.7. The third kappa shape index (κ3) is 1.87. The van der Waals surface area contributed by atoms with Crippen molar-refractivity contribution in [2.45, 2.75) is 6.92 Å². The van der Waals surface area contributed by atoms with Gasteiger partial charge in [0.25, 0.3) is 0 Å². The fraction of sp³-hybridized carbons (Fsp3) is 0.133. The Kier molecular flexibility index (Phi) is 2.99. The molecule has 18 heavy (non-hydrogen) atoms. The highest BCUT2D eigenvalue weighted by Gasteiger charge is 2.08. The molecule has 0 aliphatic rings. The lowest BCUT2D eigenvalue weighted by Crippen LogP contribution is -1.92. The molecule has 2 nitrogen and oxygen atoms in total. The lowest BCUT2D eigenvalue weighted by molar-refractivity contribution is 0.344. The molecule has 0 saturated heterocycles. The van der Waals surface area contributed by atoms with Crippen molar-refractivity contribution in [1.29, 1.82) is 0 Å². The molecule has 0 saturated carbocycles. The predicted octanol–water partition coefficient (Wildman–Crippen LogP) is 4.36. The lowest BCUT2D eigenvalue weighted by atomic mass is 10.0. The summed E-state index contributed by atoms with van der Waals surface area (Å²) < 4.78 is 5.67. The van der Waals surface area contributed by atoms with Crippen LogP contribution in [0.15, 0.2) is 47.3 Å². The smallest absolute Gasteiger partial charge is 0.127 e. The molecule has 90 valence electrons. The summed E-state index contributed by atoms with van der Waals surface area (Å²) in [6.45, 7) is 2.68. The largest absolute Gasteiger partial charge is 0.493 e. The minimum Gasteiger partial charge on any atom is -0.493 e. The number of hydrogen-bond acceptors (Lipinski definition) is 3. The van der Waals surface area contributed by atoms with E-state index < -0.39 is 0 Å². The maximum absolute atomic E-state index is 5.67. The van der Waals surface area contributed by atoms with Gasteiger partial charge in [0.2, 0.25) is 0 Å². The second-order valence-corrected chi connectivity index (χ2v) is 4.68. The highest BCUT2D eigenvalue weighted by Crippen LogP contribution is 2.33. The molecule has 0 N–H and O–H groups in total. The van der Waals surface area contributed by atoms with Crippen LogP contribution >= 0.6 is 11.3 Å². The molecule has 0 atom stereocenters. The molecule has 0 unspecified atom stereocenters. The van der Waals surface area contributed by atoms with Crippen LogP contribution in [-0.4, -0.2) is 11.6 Å². The third-order valence-electron chi connectivity index (χ3n) is 2.89. The van der Waals surface area contributed by atoms with Crippen molar-refractivity contribution in [3.05, 3.63) is 47.3 Å². The van der Waals surface area contributed by atoms with Gasteiger partial charge in [-0.05, 0) is 18.4 Å². The van der Waals surface area contributed by atoms with Gasteiger partial charge in [-0.2, -0.15) is 0 Å². The van der Waals surface area contributed by atoms with Gasteiger partial charge < -0.3 is 4.74 Å². The first-order valence-electron chi connectivity index (χ1n) is 5.93. The van der Waals surface area contributed by atoms with E-state index >= 15 is 0 Å². The zero-order valence-corrected chi connectivity index (χ0v) is 10.9. The van der Waals surface area contributed by atoms with Crippen molar-refractivity contribution in [1.82, 2.24) is 4.98 Å². The highest BCUT2D eigenvalue weighted by atomic mass is 32.1. The van der Waals surface area contributed by atoms with E-state index in [0.717, 1.165) is 22.4 Å². The summed E-state index contributed by atoms with van der Waals surface area (Å²) in [6, 6.07) is 12.4. The van der Waals surface area contributed by atoms with Crippen molar-refractivity contribution in [3.8, 4) is 17.0 Å². The van der Waals surface area contributed by atoms with Crippen LogP contribution in [0.5, 0.6) is 5.75 Å². The first kappa shape index (κ1) is 11.2. The number of aromatic nitrogens is 1. The number of thiazole rings is 1. The maximum atomic E-state index is 5.67. The standard InChI is InChI=1S/C15H13NOS/c1-2-17-15-8-4-5-11-12(6-3-7-13(11)15)14-9-18-10-16-14/h3-10H,2H2,1H3. The van der Waals surface area contributed by atoms with Crippen LogP contribution in [0.1, 0.15) is 6.92 Å². The Morgan fingerprint density at radius 1 is 1.11 bits per heavy atom. The van der Waals surface area contributed by atoms with Crippen LogP contribution in [-0.2, 0) is 0 Å². The number of rotatable bonds is 3. The van der Waals surface area contributed by atoms with Crippen LogP contribution in [0.4, 0.5) is 0 Å². The summed E-state index contributed by atoms with van der Waals surface area (Å²) in [5.41, 5.74) is 4.05. The van der Waals surface area contributed by atoms with Crippen molar-refractivity contribution in [2.24, 2.45) is 0 Å². The minimum absolute atomic E-state index is 0.681. The Bertz CT molecular complexity index is 661. The quantitative estimate of drug-likeness (QED) is 0.693. The van der Waals surface area contributed by atoms with Crippen molar-refractivity contribution < 1.29 is 4.74 Å². The Morgan fingerprint density at radius 2 is 1.94 bits per heavy atom. The van der Waals surface area contributed by atoms with Crippen LogP contribution in [0.2, 0.25) is 0 Å². The number of benzene rings is 2. The zero-order valence-electron chi connectivity index (χ0n) is 10.1. The van der Waals surface area contributed by atoms with E-state index in [4.69, 9.17) is 4.74 Å². The number of hydrogen-bond donors (Lipinski definition) is 0. The number of fused-ring (bicyclic) bond motifs is 1. The summed E-state index contributed by atoms with van der Waals surface area (Å²) in [6.07, 6.45) is 0. The van der Waals surface area contributed by atoms with E-state index in [1.54, 1.807) is 11.3 Å². The van der Waals surface area contributed by atoms with Gasteiger partial charge in [0, 0.05) is 16.3 Å². The monoisotopic (exact) mass is 255 g/mol. The van der Waals surface area contributed by atoms with Gasteiger partial charge in [0.15, 0.2) is 0 Å². The molecule has 2 aromatic carbocycles. The summed E-state index contributed by atoms with van der Waals surface area (Å²) in [4.78, 5) is 4.39. The van der Waals surface area contributed by atoms with Crippen LogP contribution < -0.4 is 4.74 Å². The van der Waals surface area contributed by atoms with E-state index in [2.05, 4.69) is 34.6 Å². The highest BCUT2D eigenvalue weighted by molar-refractivity contribution is 7.07. The van der Waals surface area contributed by atoms with Crippen molar-refractivity contribution in [3.63, 3.8) is 0 Å². The summed E-state index contributed by atoms with van der Waals surface area (Å²) in [5, 5.41) is 4.40. The zero-order chi connectivity index (χ0) is 12.4. The van der Waals surface area contributed by atoms with E-state index in [0.29, 0.717) is 6.61 Å². The molecular weight excluding hydrogens is 242 g/mol. The average Bonchev–Trinajstić information content (AvgIpc) is 2.93. The molecule has 0 aliphatic carbocycles. The molecule has 1 aromatic heterocycles. The first-order chi connectivity index (χ1) is 8.90. The fourth-order valence-corrected chi connectivity index (χ4v) is 2.68. The van der Waals surface area contributed by atoms with Gasteiger partial charge in [0.1, 0.15) is 5.75 Å². The van der Waals surface area contributed by atoms with Crippen molar-refractivity contribution >= 4 is 22.1 Å². The fourth-order valence-electron chi connectivity index (χ4n) is 2.13. The van der Waals surface area contributed by atoms with Crippen molar-refractivity contribution in [2.75, 3.05) is 6.61 Å². The molecule has 0 amide bonds. The van der Waals surface area contributed by atoms with E-state index in [9.17, 15) is 0 Å². The van der Waals surface area contributed by atoms with Gasteiger partial charge >= 0.3 is 0 Å². The second kappa shape index (κ2) is 4.78. The Labute approximate surface area is 110 Å². The van der Waals surface area contributed by atoms with Gasteiger partial charge in [-0.15, -0.1) is 11.3 Å². The molecular formula is C15H13NOS. The van der Waals surface area contributed by atoms with E-state index in [1.165, 1.54) is 5.39 Å². The molecule has 0 aliphatic heterocycles. The van der Waals surface area contributed by atoms with Crippen LogP contribution in [0, 0.1) is 0 Å². The molecule has 0 radical (unpaired) electrons. The van der Waals surface area contributed by atoms with E-state index in [-0.39, 0.29) is 0 Å². The topological polar surface area (TPSA) is 22.1 Å². The minimum atomic E-state index is 0.681. The third-order valence-corrected chi connectivity index (χ3v) is 3.48. The first-order valence-corrected chi connectivity index (χ1v) is 6.87. The van der Waals surface area contributed by atoms with Gasteiger partial charge in [-0.1, -0.05) is 30.3 Å². The molecule has 0 fully saturated rings. The molecule has 3 heteroatoms. The van der Waals surface area contributed by atoms with Crippen LogP contribution in [0.25, 0.3) is 22.0 Å². The van der Waals surface area contributed by atoms with Gasteiger partial charge in [0.05, 0.1) is 17.8 Å². The molecule has 0 spiro atoms. The molecule has 3 rings (SSSR count). The van der Waals surface area contributed by atoms with Gasteiger partial charge in [-0.25, -0.2) is 4.98 Å². The summed E-state index contributed by atoms with van der Waals surface area (Å²) in [5.74, 6) is 0.937. The Hall–Kier alpha value is -1.87. The van der Waals surface area contributed by atoms with E-state index in [1.807, 2.05) is 24.6 Å². The average molecular weight is 255 g/mol.